The molecule has 2 fully saturated rings. The zero-order chi connectivity index (χ0) is 11.8. The van der Waals surface area contributed by atoms with Crippen LogP contribution in [0.5, 0.6) is 0 Å². The molecule has 2 aliphatic heterocycles. The van der Waals surface area contributed by atoms with Crippen molar-refractivity contribution in [2.45, 2.75) is 19.4 Å². The fourth-order valence-electron chi connectivity index (χ4n) is 3.27. The van der Waals surface area contributed by atoms with E-state index >= 15 is 0 Å². The van der Waals surface area contributed by atoms with Crippen molar-refractivity contribution < 1.29 is 0 Å². The largest absolute Gasteiger partial charge is 0.351 e. The Labute approximate surface area is 106 Å². The highest BCUT2D eigenvalue weighted by molar-refractivity contribution is 6.29. The number of nitrogens with one attached hydrogen (secondary N) is 1. The van der Waals surface area contributed by atoms with Gasteiger partial charge in [0.2, 0.25) is 0 Å². The molecule has 0 spiro atoms. The normalized spacial score (nSPS) is 31.9. The summed E-state index contributed by atoms with van der Waals surface area (Å²) in [6.45, 7) is 5.62. The average molecular weight is 253 g/mol. The molecule has 0 amide bonds. The molecule has 3 atom stereocenters. The number of rotatable bonds is 2. The van der Waals surface area contributed by atoms with Crippen LogP contribution in [0.1, 0.15) is 13.3 Å². The van der Waals surface area contributed by atoms with Crippen molar-refractivity contribution in [3.63, 3.8) is 0 Å². The van der Waals surface area contributed by atoms with Crippen molar-refractivity contribution in [3.05, 3.63) is 17.3 Å². The van der Waals surface area contributed by atoms with Gasteiger partial charge >= 0.3 is 0 Å². The van der Waals surface area contributed by atoms with Gasteiger partial charge < -0.3 is 10.2 Å². The predicted octanol–water partition coefficient (Wildman–Crippen LogP) is 1.56. The van der Waals surface area contributed by atoms with Gasteiger partial charge in [-0.05, 0) is 30.4 Å². The number of nitrogens with zero attached hydrogens (tertiary/aromatic N) is 3. The highest BCUT2D eigenvalue weighted by Crippen LogP contribution is 2.36. The monoisotopic (exact) mass is 252 g/mol. The Morgan fingerprint density at radius 1 is 1.41 bits per heavy atom. The van der Waals surface area contributed by atoms with Crippen LogP contribution < -0.4 is 10.2 Å². The molecule has 3 rings (SSSR count). The van der Waals surface area contributed by atoms with Crippen LogP contribution >= 0.6 is 11.6 Å². The van der Waals surface area contributed by atoms with E-state index in [0.717, 1.165) is 43.7 Å². The van der Waals surface area contributed by atoms with Gasteiger partial charge in [-0.15, -0.1) is 10.2 Å². The van der Waals surface area contributed by atoms with Crippen LogP contribution in [0, 0.1) is 11.8 Å². The third-order valence-corrected chi connectivity index (χ3v) is 4.25. The van der Waals surface area contributed by atoms with Crippen LogP contribution in [-0.2, 0) is 0 Å². The highest BCUT2D eigenvalue weighted by Gasteiger charge is 2.43. The highest BCUT2D eigenvalue weighted by atomic mass is 35.5. The molecule has 0 aliphatic carbocycles. The van der Waals surface area contributed by atoms with Gasteiger partial charge in [0.25, 0.3) is 0 Å². The zero-order valence-electron chi connectivity index (χ0n) is 9.93. The van der Waals surface area contributed by atoms with Crippen molar-refractivity contribution in [1.29, 1.82) is 0 Å². The van der Waals surface area contributed by atoms with E-state index in [2.05, 4.69) is 27.3 Å². The third kappa shape index (κ3) is 1.89. The Balaban J connectivity index is 1.85. The van der Waals surface area contributed by atoms with Crippen molar-refractivity contribution in [2.24, 2.45) is 11.8 Å². The maximum atomic E-state index is 5.78. The quantitative estimate of drug-likeness (QED) is 0.868. The van der Waals surface area contributed by atoms with Crippen LogP contribution in [0.2, 0.25) is 5.15 Å². The molecule has 1 aromatic rings. The van der Waals surface area contributed by atoms with Crippen molar-refractivity contribution in [3.8, 4) is 0 Å². The molecule has 0 bridgehead atoms. The maximum Gasteiger partial charge on any atom is 0.151 e. The van der Waals surface area contributed by atoms with E-state index in [1.807, 2.05) is 12.1 Å². The Hall–Kier alpha value is -0.870. The molecular weight excluding hydrogens is 236 g/mol. The van der Waals surface area contributed by atoms with Gasteiger partial charge in [0.15, 0.2) is 11.0 Å². The van der Waals surface area contributed by atoms with Gasteiger partial charge in [0.1, 0.15) is 0 Å². The first-order valence-corrected chi connectivity index (χ1v) is 6.64. The molecule has 92 valence electrons. The van der Waals surface area contributed by atoms with E-state index in [9.17, 15) is 0 Å². The summed E-state index contributed by atoms with van der Waals surface area (Å²) in [4.78, 5) is 2.40. The molecule has 17 heavy (non-hydrogen) atoms. The number of halogens is 1. The average Bonchev–Trinajstić information content (AvgIpc) is 2.89. The summed E-state index contributed by atoms with van der Waals surface area (Å²) in [5.41, 5.74) is 0. The topological polar surface area (TPSA) is 41.0 Å². The van der Waals surface area contributed by atoms with Gasteiger partial charge in [-0.25, -0.2) is 0 Å². The first-order chi connectivity index (χ1) is 8.29. The van der Waals surface area contributed by atoms with Gasteiger partial charge in [-0.2, -0.15) is 0 Å². The summed E-state index contributed by atoms with van der Waals surface area (Å²) in [6, 6.07) is 4.39. The van der Waals surface area contributed by atoms with Crippen molar-refractivity contribution in [2.75, 3.05) is 24.5 Å². The molecule has 2 aliphatic rings. The minimum absolute atomic E-state index is 0.461. The SMILES string of the molecule is CCC1C2CNCC2CN1c1ccc(Cl)nn1. The molecule has 5 heteroatoms. The first-order valence-electron chi connectivity index (χ1n) is 6.26. The zero-order valence-corrected chi connectivity index (χ0v) is 10.7. The van der Waals surface area contributed by atoms with Crippen LogP contribution in [0.4, 0.5) is 5.82 Å². The van der Waals surface area contributed by atoms with Crippen LogP contribution in [0.3, 0.4) is 0 Å². The van der Waals surface area contributed by atoms with E-state index in [1.165, 1.54) is 0 Å². The van der Waals surface area contributed by atoms with E-state index in [1.54, 1.807) is 0 Å². The minimum atomic E-state index is 0.461. The van der Waals surface area contributed by atoms with Gasteiger partial charge in [-0.1, -0.05) is 18.5 Å². The number of aromatic nitrogens is 2. The third-order valence-electron chi connectivity index (χ3n) is 4.05. The molecule has 1 N–H and O–H groups in total. The Kier molecular flexibility index (Phi) is 2.92. The van der Waals surface area contributed by atoms with E-state index in [4.69, 9.17) is 11.6 Å². The Morgan fingerprint density at radius 2 is 2.29 bits per heavy atom. The first kappa shape index (κ1) is 11.2. The van der Waals surface area contributed by atoms with Gasteiger partial charge in [0, 0.05) is 25.7 Å². The second-order valence-electron chi connectivity index (χ2n) is 4.92. The van der Waals surface area contributed by atoms with E-state index in [-0.39, 0.29) is 0 Å². The van der Waals surface area contributed by atoms with Crippen LogP contribution in [-0.4, -0.2) is 35.9 Å². The Bertz CT molecular complexity index is 394. The van der Waals surface area contributed by atoms with Gasteiger partial charge in [-0.3, -0.25) is 0 Å². The summed E-state index contributed by atoms with van der Waals surface area (Å²) < 4.78 is 0. The lowest BCUT2D eigenvalue weighted by atomic mass is 9.93. The van der Waals surface area contributed by atoms with E-state index < -0.39 is 0 Å². The lowest BCUT2D eigenvalue weighted by Gasteiger charge is -2.27. The molecule has 4 nitrogen and oxygen atoms in total. The fraction of sp³-hybridized carbons (Fsp3) is 0.667. The maximum absolute atomic E-state index is 5.78. The Morgan fingerprint density at radius 3 is 3.00 bits per heavy atom. The van der Waals surface area contributed by atoms with E-state index in [0.29, 0.717) is 11.2 Å². The molecule has 3 unspecified atom stereocenters. The number of hydrogen-bond acceptors (Lipinski definition) is 4. The van der Waals surface area contributed by atoms with Crippen LogP contribution in [0.25, 0.3) is 0 Å². The fourth-order valence-corrected chi connectivity index (χ4v) is 3.37. The number of fused-ring (bicyclic) bond motifs is 1. The standard InChI is InChI=1S/C12H17ClN4/c1-2-10-9-6-14-5-8(9)7-17(10)12-4-3-11(13)15-16-12/h3-4,8-10,14H,2,5-7H2,1H3. The smallest absolute Gasteiger partial charge is 0.151 e. The summed E-state index contributed by atoms with van der Waals surface area (Å²) in [7, 11) is 0. The molecular formula is C12H17ClN4. The predicted molar refractivity (Wildman–Crippen MR) is 68.3 cm³/mol. The molecule has 2 saturated heterocycles. The molecule has 0 aromatic carbocycles. The van der Waals surface area contributed by atoms with Crippen molar-refractivity contribution in [1.82, 2.24) is 15.5 Å². The number of hydrogen-bond donors (Lipinski definition) is 1. The van der Waals surface area contributed by atoms with Crippen molar-refractivity contribution >= 4 is 17.4 Å². The number of anilines is 1. The molecule has 0 saturated carbocycles. The summed E-state index contributed by atoms with van der Waals surface area (Å²) in [5.74, 6) is 2.49. The molecule has 0 radical (unpaired) electrons. The second kappa shape index (κ2) is 4.42. The summed E-state index contributed by atoms with van der Waals surface area (Å²) in [6.07, 6.45) is 1.16. The second-order valence-corrected chi connectivity index (χ2v) is 5.31. The van der Waals surface area contributed by atoms with Crippen LogP contribution in [0.15, 0.2) is 12.1 Å². The minimum Gasteiger partial charge on any atom is -0.351 e. The summed E-state index contributed by atoms with van der Waals surface area (Å²) >= 11 is 5.78. The summed E-state index contributed by atoms with van der Waals surface area (Å²) in [5, 5.41) is 12.1. The molecule has 3 heterocycles. The lowest BCUT2D eigenvalue weighted by Crippen LogP contribution is -2.35. The molecule has 1 aromatic heterocycles. The lowest BCUT2D eigenvalue weighted by molar-refractivity contribution is 0.441. The van der Waals surface area contributed by atoms with Gasteiger partial charge in [0.05, 0.1) is 0 Å².